The van der Waals surface area contributed by atoms with E-state index in [0.29, 0.717) is 17.8 Å². The third-order valence-corrected chi connectivity index (χ3v) is 7.21. The number of benzene rings is 1. The second kappa shape index (κ2) is 9.83. The molecule has 1 amide bonds. The van der Waals surface area contributed by atoms with Crippen molar-refractivity contribution >= 4 is 39.9 Å². The first-order valence-corrected chi connectivity index (χ1v) is 11.5. The molecular weight excluding hydrogens is 390 g/mol. The van der Waals surface area contributed by atoms with Gasteiger partial charge < -0.3 is 19.4 Å². The smallest absolute Gasteiger partial charge is 0.233 e. The van der Waals surface area contributed by atoms with Gasteiger partial charge in [-0.05, 0) is 57.4 Å². The van der Waals surface area contributed by atoms with Gasteiger partial charge in [-0.15, -0.1) is 0 Å². The van der Waals surface area contributed by atoms with E-state index < -0.39 is 0 Å². The summed E-state index contributed by atoms with van der Waals surface area (Å²) in [6, 6.07) is 9.07. The van der Waals surface area contributed by atoms with E-state index in [-0.39, 0.29) is 5.91 Å². The average Bonchev–Trinajstić information content (AvgIpc) is 2.72. The number of hydrogen-bond acceptors (Lipinski definition) is 5. The number of amides is 1. The molecule has 2 saturated heterocycles. The molecule has 0 saturated carbocycles. The van der Waals surface area contributed by atoms with Gasteiger partial charge in [-0.2, -0.15) is 0 Å². The predicted octanol–water partition coefficient (Wildman–Crippen LogP) is 3.62. The molecule has 0 spiro atoms. The van der Waals surface area contributed by atoms with Gasteiger partial charge in [0.15, 0.2) is 0 Å². The number of nitrogens with zero attached hydrogens (tertiary/aromatic N) is 3. The van der Waals surface area contributed by atoms with Crippen molar-refractivity contribution in [2.75, 3.05) is 43.9 Å². The molecule has 0 unspecified atom stereocenters. The molecule has 0 radical (unpaired) electrons. The lowest BCUT2D eigenvalue weighted by atomic mass is 9.99. The van der Waals surface area contributed by atoms with Gasteiger partial charge in [0.1, 0.15) is 10.1 Å². The van der Waals surface area contributed by atoms with Gasteiger partial charge in [0.2, 0.25) is 5.91 Å². The van der Waals surface area contributed by atoms with Crippen LogP contribution in [0.2, 0.25) is 0 Å². The summed E-state index contributed by atoms with van der Waals surface area (Å²) in [5.41, 5.74) is 1.18. The standard InChI is InChI=1S/C21H31N3O2S2/c1-16-5-4-6-17(2)24(16)21(27)28-15-20(25)23-13-11-22(12-14-23)18-7-9-19(26-3)10-8-18/h7-10,16-17H,4-6,11-15H2,1-3H3/t16-,17+. The largest absolute Gasteiger partial charge is 0.497 e. The minimum absolute atomic E-state index is 0.194. The van der Waals surface area contributed by atoms with Crippen LogP contribution in [0, 0.1) is 0 Å². The third kappa shape index (κ3) is 5.11. The number of hydrogen-bond donors (Lipinski definition) is 0. The highest BCUT2D eigenvalue weighted by molar-refractivity contribution is 8.23. The van der Waals surface area contributed by atoms with E-state index in [4.69, 9.17) is 17.0 Å². The number of likely N-dealkylation sites (tertiary alicyclic amines) is 1. The van der Waals surface area contributed by atoms with E-state index in [1.54, 1.807) is 7.11 Å². The van der Waals surface area contributed by atoms with Crippen LogP contribution in [0.4, 0.5) is 5.69 Å². The number of thioether (sulfide) groups is 1. The number of carbonyl (C=O) groups is 1. The summed E-state index contributed by atoms with van der Waals surface area (Å²) in [4.78, 5) is 19.3. The summed E-state index contributed by atoms with van der Waals surface area (Å²) in [7, 11) is 1.68. The van der Waals surface area contributed by atoms with Gasteiger partial charge in [0.05, 0.1) is 12.9 Å². The molecule has 2 atom stereocenters. The highest BCUT2D eigenvalue weighted by Gasteiger charge is 2.28. The molecule has 2 aliphatic heterocycles. The normalized spacial score (nSPS) is 22.9. The number of thiocarbonyl (C=S) groups is 1. The van der Waals surface area contributed by atoms with Crippen molar-refractivity contribution in [2.45, 2.75) is 45.2 Å². The Morgan fingerprint density at radius 3 is 2.29 bits per heavy atom. The van der Waals surface area contributed by atoms with Crippen molar-refractivity contribution in [2.24, 2.45) is 0 Å². The third-order valence-electron chi connectivity index (χ3n) is 5.79. The first kappa shape index (κ1) is 21.2. The Morgan fingerprint density at radius 1 is 1.11 bits per heavy atom. The fourth-order valence-corrected chi connectivity index (χ4v) is 5.55. The lowest BCUT2D eigenvalue weighted by Gasteiger charge is -2.40. The predicted molar refractivity (Wildman–Crippen MR) is 121 cm³/mol. The Labute approximate surface area is 178 Å². The zero-order chi connectivity index (χ0) is 20.1. The van der Waals surface area contributed by atoms with Crippen LogP contribution < -0.4 is 9.64 Å². The fraction of sp³-hybridized carbons (Fsp3) is 0.619. The number of methoxy groups -OCH3 is 1. The zero-order valence-electron chi connectivity index (χ0n) is 17.1. The van der Waals surface area contributed by atoms with Crippen LogP contribution in [0.5, 0.6) is 5.75 Å². The first-order chi connectivity index (χ1) is 13.5. The first-order valence-electron chi connectivity index (χ1n) is 10.1. The van der Waals surface area contributed by atoms with Gasteiger partial charge in [-0.1, -0.05) is 24.0 Å². The monoisotopic (exact) mass is 421 g/mol. The van der Waals surface area contributed by atoms with Gasteiger partial charge in [-0.3, -0.25) is 4.79 Å². The van der Waals surface area contributed by atoms with Crippen LogP contribution in [0.1, 0.15) is 33.1 Å². The number of piperidine rings is 1. The van der Waals surface area contributed by atoms with E-state index >= 15 is 0 Å². The van der Waals surface area contributed by atoms with E-state index in [9.17, 15) is 4.79 Å². The minimum Gasteiger partial charge on any atom is -0.497 e. The SMILES string of the molecule is COc1ccc(N2CCN(C(=O)CSC(=S)N3[C@H](C)CCC[C@@H]3C)CC2)cc1. The molecule has 2 heterocycles. The molecule has 7 heteroatoms. The second-order valence-corrected chi connectivity index (χ2v) is 9.27. The average molecular weight is 422 g/mol. The van der Waals surface area contributed by atoms with Crippen LogP contribution in [-0.4, -0.2) is 71.2 Å². The lowest BCUT2D eigenvalue weighted by Crippen LogP contribution is -2.50. The van der Waals surface area contributed by atoms with Gasteiger partial charge in [-0.25, -0.2) is 0 Å². The number of anilines is 1. The molecule has 154 valence electrons. The number of carbonyl (C=O) groups excluding carboxylic acids is 1. The maximum atomic E-state index is 12.7. The molecule has 0 aromatic heterocycles. The quantitative estimate of drug-likeness (QED) is 0.691. The molecule has 0 aliphatic carbocycles. The second-order valence-electron chi connectivity index (χ2n) is 7.66. The highest BCUT2D eigenvalue weighted by Crippen LogP contribution is 2.27. The molecule has 1 aromatic rings. The molecule has 0 bridgehead atoms. The summed E-state index contributed by atoms with van der Waals surface area (Å²) in [5, 5.41) is 0. The van der Waals surface area contributed by atoms with Crippen LogP contribution in [-0.2, 0) is 4.79 Å². The van der Waals surface area contributed by atoms with E-state index in [2.05, 4.69) is 35.8 Å². The molecule has 2 fully saturated rings. The molecule has 3 rings (SSSR count). The van der Waals surface area contributed by atoms with E-state index in [1.807, 2.05) is 17.0 Å². The maximum Gasteiger partial charge on any atom is 0.233 e. The lowest BCUT2D eigenvalue weighted by molar-refractivity contribution is -0.128. The number of rotatable bonds is 4. The number of ether oxygens (including phenoxy) is 1. The Morgan fingerprint density at radius 2 is 1.71 bits per heavy atom. The van der Waals surface area contributed by atoms with Crippen molar-refractivity contribution in [1.29, 1.82) is 0 Å². The molecule has 5 nitrogen and oxygen atoms in total. The van der Waals surface area contributed by atoms with Crippen LogP contribution >= 0.6 is 24.0 Å². The Balaban J connectivity index is 1.45. The molecule has 2 aliphatic rings. The molecule has 1 aromatic carbocycles. The summed E-state index contributed by atoms with van der Waals surface area (Å²) < 4.78 is 6.10. The van der Waals surface area contributed by atoms with Crippen molar-refractivity contribution in [1.82, 2.24) is 9.80 Å². The zero-order valence-corrected chi connectivity index (χ0v) is 18.7. The van der Waals surface area contributed by atoms with Gasteiger partial charge in [0, 0.05) is 44.0 Å². The summed E-state index contributed by atoms with van der Waals surface area (Å²) in [6.07, 6.45) is 3.64. The molecule has 28 heavy (non-hydrogen) atoms. The Bertz CT molecular complexity index is 665. The molecule has 0 N–H and O–H groups in total. The fourth-order valence-electron chi connectivity index (χ4n) is 4.08. The number of piperazine rings is 1. The van der Waals surface area contributed by atoms with Gasteiger partial charge in [0.25, 0.3) is 0 Å². The summed E-state index contributed by atoms with van der Waals surface area (Å²) in [5.74, 6) is 1.50. The van der Waals surface area contributed by atoms with Crippen molar-refractivity contribution < 1.29 is 9.53 Å². The Kier molecular flexibility index (Phi) is 7.46. The summed E-state index contributed by atoms with van der Waals surface area (Å²) >= 11 is 7.18. The minimum atomic E-state index is 0.194. The van der Waals surface area contributed by atoms with Crippen LogP contribution in [0.15, 0.2) is 24.3 Å². The highest BCUT2D eigenvalue weighted by atomic mass is 32.2. The maximum absolute atomic E-state index is 12.7. The summed E-state index contributed by atoms with van der Waals surface area (Å²) in [6.45, 7) is 7.70. The van der Waals surface area contributed by atoms with Crippen molar-refractivity contribution in [3.8, 4) is 5.75 Å². The van der Waals surface area contributed by atoms with E-state index in [0.717, 1.165) is 36.2 Å². The van der Waals surface area contributed by atoms with Crippen LogP contribution in [0.25, 0.3) is 0 Å². The topological polar surface area (TPSA) is 36.0 Å². The Hall–Kier alpha value is -1.47. The van der Waals surface area contributed by atoms with E-state index in [1.165, 1.54) is 36.7 Å². The van der Waals surface area contributed by atoms with Gasteiger partial charge >= 0.3 is 0 Å². The molecular formula is C21H31N3O2S2. The van der Waals surface area contributed by atoms with Crippen LogP contribution in [0.3, 0.4) is 0 Å². The van der Waals surface area contributed by atoms with Crippen molar-refractivity contribution in [3.63, 3.8) is 0 Å². The van der Waals surface area contributed by atoms with Crippen molar-refractivity contribution in [3.05, 3.63) is 24.3 Å².